The molecule has 0 aliphatic heterocycles. The zero-order valence-electron chi connectivity index (χ0n) is 10.4. The van der Waals surface area contributed by atoms with Crippen LogP contribution >= 0.6 is 11.8 Å². The van der Waals surface area contributed by atoms with E-state index in [1.54, 1.807) is 0 Å². The minimum Gasteiger partial charge on any atom is -0.493 e. The zero-order valence-corrected chi connectivity index (χ0v) is 11.2. The Hall–Kier alpha value is -0.830. The molecule has 1 aromatic rings. The summed E-state index contributed by atoms with van der Waals surface area (Å²) in [7, 11) is 0. The summed E-state index contributed by atoms with van der Waals surface area (Å²) in [5.74, 6) is 3.32. The van der Waals surface area contributed by atoms with Gasteiger partial charge in [-0.15, -0.1) is 0 Å². The molecule has 1 rings (SSSR count). The fraction of sp³-hybridized carbons (Fsp3) is 0.538. The Kier molecular flexibility index (Phi) is 5.53. The number of nitrogen functional groups attached to an aromatic ring is 1. The molecule has 2 nitrogen and oxygen atoms in total. The number of benzene rings is 1. The van der Waals surface area contributed by atoms with Gasteiger partial charge >= 0.3 is 0 Å². The predicted molar refractivity (Wildman–Crippen MR) is 73.4 cm³/mol. The van der Waals surface area contributed by atoms with Gasteiger partial charge in [-0.3, -0.25) is 0 Å². The number of aryl methyl sites for hydroxylation is 2. The van der Waals surface area contributed by atoms with Crippen molar-refractivity contribution < 1.29 is 4.74 Å². The molecule has 0 aliphatic rings. The van der Waals surface area contributed by atoms with Crippen molar-refractivity contribution in [3.8, 4) is 5.75 Å². The van der Waals surface area contributed by atoms with Crippen LogP contribution in [0.2, 0.25) is 0 Å². The summed E-state index contributed by atoms with van der Waals surface area (Å²) >= 11 is 1.95. The lowest BCUT2D eigenvalue weighted by atomic mass is 10.1. The molecule has 0 spiro atoms. The zero-order chi connectivity index (χ0) is 12.0. The smallest absolute Gasteiger partial charge is 0.122 e. The quantitative estimate of drug-likeness (QED) is 0.610. The van der Waals surface area contributed by atoms with E-state index in [1.165, 1.54) is 11.5 Å². The molecular formula is C13H21NOS. The Morgan fingerprint density at radius 2 is 2.00 bits per heavy atom. The number of ether oxygens (including phenoxy) is 1. The third-order valence-corrected chi connectivity index (χ3v) is 3.44. The van der Waals surface area contributed by atoms with Gasteiger partial charge in [0, 0.05) is 5.69 Å². The van der Waals surface area contributed by atoms with Crippen LogP contribution in [-0.2, 0) is 0 Å². The van der Waals surface area contributed by atoms with Crippen LogP contribution in [0.1, 0.15) is 24.5 Å². The lowest BCUT2D eigenvalue weighted by Crippen LogP contribution is -2.01. The Labute approximate surface area is 103 Å². The Balaban J connectivity index is 2.45. The SMILES string of the molecule is CCSCCCOc1cc(C)c(N)cc1C. The van der Waals surface area contributed by atoms with Gasteiger partial charge in [0.25, 0.3) is 0 Å². The van der Waals surface area contributed by atoms with E-state index in [0.717, 1.165) is 35.6 Å². The highest BCUT2D eigenvalue weighted by molar-refractivity contribution is 7.99. The van der Waals surface area contributed by atoms with Gasteiger partial charge in [-0.25, -0.2) is 0 Å². The molecule has 90 valence electrons. The van der Waals surface area contributed by atoms with Gasteiger partial charge in [-0.05, 0) is 55.0 Å². The lowest BCUT2D eigenvalue weighted by molar-refractivity contribution is 0.316. The van der Waals surface area contributed by atoms with Crippen molar-refractivity contribution in [2.75, 3.05) is 23.8 Å². The molecule has 2 N–H and O–H groups in total. The number of hydrogen-bond acceptors (Lipinski definition) is 3. The summed E-state index contributed by atoms with van der Waals surface area (Å²) in [6.45, 7) is 7.01. The summed E-state index contributed by atoms with van der Waals surface area (Å²) in [5.41, 5.74) is 8.87. The van der Waals surface area contributed by atoms with Crippen LogP contribution < -0.4 is 10.5 Å². The van der Waals surface area contributed by atoms with Crippen molar-refractivity contribution >= 4 is 17.4 Å². The van der Waals surface area contributed by atoms with Crippen LogP contribution in [-0.4, -0.2) is 18.1 Å². The molecule has 1 aromatic carbocycles. The molecule has 0 radical (unpaired) electrons. The number of thioether (sulfide) groups is 1. The van der Waals surface area contributed by atoms with Crippen LogP contribution in [0.15, 0.2) is 12.1 Å². The molecule has 0 fully saturated rings. The summed E-state index contributed by atoms with van der Waals surface area (Å²) < 4.78 is 5.75. The lowest BCUT2D eigenvalue weighted by Gasteiger charge is -2.11. The van der Waals surface area contributed by atoms with Crippen LogP contribution in [0, 0.1) is 13.8 Å². The average Bonchev–Trinajstić information content (AvgIpc) is 2.25. The van der Waals surface area contributed by atoms with E-state index in [4.69, 9.17) is 10.5 Å². The highest BCUT2D eigenvalue weighted by Gasteiger charge is 2.02. The molecule has 16 heavy (non-hydrogen) atoms. The van der Waals surface area contributed by atoms with Crippen molar-refractivity contribution in [2.24, 2.45) is 0 Å². The molecular weight excluding hydrogens is 218 g/mol. The minimum atomic E-state index is 0.789. The van der Waals surface area contributed by atoms with E-state index >= 15 is 0 Å². The molecule has 0 saturated heterocycles. The van der Waals surface area contributed by atoms with E-state index in [2.05, 4.69) is 6.92 Å². The van der Waals surface area contributed by atoms with E-state index in [-0.39, 0.29) is 0 Å². The maximum Gasteiger partial charge on any atom is 0.122 e. The fourth-order valence-corrected chi connectivity index (χ4v) is 2.07. The van der Waals surface area contributed by atoms with E-state index < -0.39 is 0 Å². The first-order valence-corrected chi connectivity index (χ1v) is 6.88. The topological polar surface area (TPSA) is 35.2 Å². The van der Waals surface area contributed by atoms with Crippen molar-refractivity contribution in [1.29, 1.82) is 0 Å². The number of nitrogens with two attached hydrogens (primary N) is 1. The van der Waals surface area contributed by atoms with Crippen molar-refractivity contribution in [3.63, 3.8) is 0 Å². The van der Waals surface area contributed by atoms with Crippen LogP contribution in [0.3, 0.4) is 0 Å². The molecule has 0 aliphatic carbocycles. The van der Waals surface area contributed by atoms with Gasteiger partial charge in [-0.2, -0.15) is 11.8 Å². The molecule has 0 atom stereocenters. The summed E-state index contributed by atoms with van der Waals surface area (Å²) in [5, 5.41) is 0. The summed E-state index contributed by atoms with van der Waals surface area (Å²) in [4.78, 5) is 0. The van der Waals surface area contributed by atoms with Crippen molar-refractivity contribution in [3.05, 3.63) is 23.3 Å². The van der Waals surface area contributed by atoms with Gasteiger partial charge in [-0.1, -0.05) is 6.92 Å². The minimum absolute atomic E-state index is 0.789. The maximum atomic E-state index is 5.83. The highest BCUT2D eigenvalue weighted by atomic mass is 32.2. The summed E-state index contributed by atoms with van der Waals surface area (Å²) in [6, 6.07) is 4.00. The third-order valence-electron chi connectivity index (χ3n) is 2.46. The monoisotopic (exact) mass is 239 g/mol. The molecule has 0 heterocycles. The Bertz CT molecular complexity index is 339. The third kappa shape index (κ3) is 3.97. The van der Waals surface area contributed by atoms with Crippen LogP contribution in [0.5, 0.6) is 5.75 Å². The first-order chi connectivity index (χ1) is 7.65. The van der Waals surface area contributed by atoms with Gasteiger partial charge in [0.1, 0.15) is 5.75 Å². The second-order valence-corrected chi connectivity index (χ2v) is 5.27. The highest BCUT2D eigenvalue weighted by Crippen LogP contribution is 2.24. The average molecular weight is 239 g/mol. The predicted octanol–water partition coefficient (Wildman–Crippen LogP) is 3.41. The second kappa shape index (κ2) is 6.69. The normalized spacial score (nSPS) is 10.4. The van der Waals surface area contributed by atoms with Gasteiger partial charge in [0.05, 0.1) is 6.61 Å². The second-order valence-electron chi connectivity index (χ2n) is 3.87. The van der Waals surface area contributed by atoms with E-state index in [1.807, 2.05) is 37.7 Å². The van der Waals surface area contributed by atoms with Crippen LogP contribution in [0.25, 0.3) is 0 Å². The molecule has 0 amide bonds. The largest absolute Gasteiger partial charge is 0.493 e. The van der Waals surface area contributed by atoms with Crippen LogP contribution in [0.4, 0.5) is 5.69 Å². The first kappa shape index (κ1) is 13.2. The number of anilines is 1. The standard InChI is InChI=1S/C13H21NOS/c1-4-16-7-5-6-15-13-9-10(2)12(14)8-11(13)3/h8-9H,4-7,14H2,1-3H3. The van der Waals surface area contributed by atoms with E-state index in [9.17, 15) is 0 Å². The van der Waals surface area contributed by atoms with Crippen molar-refractivity contribution in [2.45, 2.75) is 27.2 Å². The molecule has 0 aromatic heterocycles. The first-order valence-electron chi connectivity index (χ1n) is 5.72. The Morgan fingerprint density at radius 3 is 2.69 bits per heavy atom. The van der Waals surface area contributed by atoms with Gasteiger partial charge < -0.3 is 10.5 Å². The number of rotatable bonds is 6. The molecule has 0 saturated carbocycles. The molecule has 0 unspecified atom stereocenters. The van der Waals surface area contributed by atoms with Gasteiger partial charge in [0.15, 0.2) is 0 Å². The number of hydrogen-bond donors (Lipinski definition) is 1. The van der Waals surface area contributed by atoms with E-state index in [0.29, 0.717) is 0 Å². The fourth-order valence-electron chi connectivity index (χ4n) is 1.45. The molecule has 3 heteroatoms. The summed E-state index contributed by atoms with van der Waals surface area (Å²) in [6.07, 6.45) is 1.10. The van der Waals surface area contributed by atoms with Gasteiger partial charge in [0.2, 0.25) is 0 Å². The maximum absolute atomic E-state index is 5.83. The molecule has 0 bridgehead atoms. The Morgan fingerprint density at radius 1 is 1.25 bits per heavy atom. The van der Waals surface area contributed by atoms with Crippen molar-refractivity contribution in [1.82, 2.24) is 0 Å².